The smallest absolute Gasteiger partial charge is 0.102 e. The number of hydrogen-bond acceptors (Lipinski definition) is 5. The van der Waals surface area contributed by atoms with Gasteiger partial charge in [0.2, 0.25) is 0 Å². The second-order valence-corrected chi connectivity index (χ2v) is 3.89. The Balaban J connectivity index is 2.52. The van der Waals surface area contributed by atoms with E-state index < -0.39 is 0 Å². The number of aromatic nitrogens is 2. The number of nitrogens with two attached hydrogens (primary N) is 1. The fourth-order valence-electron chi connectivity index (χ4n) is 1.26. The van der Waals surface area contributed by atoms with Crippen LogP contribution in [0.4, 0.5) is 0 Å². The Hall–Kier alpha value is -2.19. The number of thiazole rings is 1. The summed E-state index contributed by atoms with van der Waals surface area (Å²) in [5, 5.41) is 9.12. The molecule has 16 heavy (non-hydrogen) atoms. The van der Waals surface area contributed by atoms with Crippen molar-refractivity contribution in [1.29, 1.82) is 5.26 Å². The van der Waals surface area contributed by atoms with E-state index in [2.05, 4.69) is 16.0 Å². The third kappa shape index (κ3) is 1.92. The van der Waals surface area contributed by atoms with Crippen LogP contribution in [0.15, 0.2) is 36.2 Å². The second kappa shape index (κ2) is 4.55. The van der Waals surface area contributed by atoms with Gasteiger partial charge in [-0.15, -0.1) is 11.3 Å². The van der Waals surface area contributed by atoms with Crippen LogP contribution < -0.4 is 5.73 Å². The van der Waals surface area contributed by atoms with E-state index in [9.17, 15) is 0 Å². The Labute approximate surface area is 96.7 Å². The molecule has 78 valence electrons. The third-order valence-electron chi connectivity index (χ3n) is 2.03. The first kappa shape index (κ1) is 10.3. The van der Waals surface area contributed by atoms with Crippen molar-refractivity contribution in [3.8, 4) is 6.07 Å². The molecule has 0 atom stereocenters. The minimum absolute atomic E-state index is 0.428. The molecule has 5 heteroatoms. The highest BCUT2D eigenvalue weighted by atomic mass is 32.1. The molecule has 0 aromatic carbocycles. The zero-order valence-corrected chi connectivity index (χ0v) is 9.11. The zero-order valence-electron chi connectivity index (χ0n) is 8.29. The lowest BCUT2D eigenvalue weighted by Gasteiger charge is -2.02. The van der Waals surface area contributed by atoms with E-state index in [0.29, 0.717) is 11.3 Å². The molecule has 2 aromatic rings. The fraction of sp³-hybridized carbons (Fsp3) is 0. The van der Waals surface area contributed by atoms with Gasteiger partial charge in [-0.2, -0.15) is 5.26 Å². The normalized spacial score (nSPS) is 11.7. The van der Waals surface area contributed by atoms with Crippen LogP contribution in [-0.4, -0.2) is 9.97 Å². The third-order valence-corrected chi connectivity index (χ3v) is 2.84. The summed E-state index contributed by atoms with van der Waals surface area (Å²) >= 11 is 1.40. The van der Waals surface area contributed by atoms with Crippen molar-refractivity contribution in [1.82, 2.24) is 9.97 Å². The molecule has 4 nitrogen and oxygen atoms in total. The van der Waals surface area contributed by atoms with E-state index in [1.54, 1.807) is 36.2 Å². The van der Waals surface area contributed by atoms with Crippen molar-refractivity contribution >= 4 is 22.6 Å². The van der Waals surface area contributed by atoms with Crippen molar-refractivity contribution in [2.75, 3.05) is 0 Å². The van der Waals surface area contributed by atoms with Gasteiger partial charge in [-0.3, -0.25) is 9.97 Å². The van der Waals surface area contributed by atoms with Gasteiger partial charge in [-0.25, -0.2) is 0 Å². The molecule has 2 heterocycles. The first-order chi connectivity index (χ1) is 7.83. The maximum atomic E-state index is 9.12. The predicted octanol–water partition coefficient (Wildman–Crippen LogP) is 1.89. The molecule has 0 radical (unpaired) electrons. The van der Waals surface area contributed by atoms with Crippen LogP contribution in [0.1, 0.15) is 10.4 Å². The molecule has 0 saturated carbocycles. The number of nitrogens with zero attached hydrogens (tertiary/aromatic N) is 3. The van der Waals surface area contributed by atoms with Crippen molar-refractivity contribution < 1.29 is 0 Å². The summed E-state index contributed by atoms with van der Waals surface area (Å²) < 4.78 is 0. The van der Waals surface area contributed by atoms with Crippen LogP contribution in [0, 0.1) is 11.3 Å². The van der Waals surface area contributed by atoms with Crippen molar-refractivity contribution in [3.05, 3.63) is 46.7 Å². The van der Waals surface area contributed by atoms with Crippen LogP contribution in [0.2, 0.25) is 0 Å². The molecule has 2 aromatic heterocycles. The summed E-state index contributed by atoms with van der Waals surface area (Å²) in [5.74, 6) is 0. The average Bonchev–Trinajstić information content (AvgIpc) is 2.85. The van der Waals surface area contributed by atoms with Crippen molar-refractivity contribution in [2.24, 2.45) is 5.73 Å². The standard InChI is InChI=1S/C11H8N4S/c12-4-9(8-2-1-3-14-5-8)11(13)10-6-15-7-16-10/h1-3,5-7H,13H2/b11-9-. The van der Waals surface area contributed by atoms with Gasteiger partial charge in [-0.05, 0) is 6.07 Å². The largest absolute Gasteiger partial charge is 0.396 e. The monoisotopic (exact) mass is 228 g/mol. The molecule has 0 spiro atoms. The summed E-state index contributed by atoms with van der Waals surface area (Å²) in [7, 11) is 0. The quantitative estimate of drug-likeness (QED) is 0.796. The molecule has 0 fully saturated rings. The predicted molar refractivity (Wildman–Crippen MR) is 63.0 cm³/mol. The van der Waals surface area contributed by atoms with Gasteiger partial charge in [0.1, 0.15) is 6.07 Å². The Morgan fingerprint density at radius 2 is 2.25 bits per heavy atom. The van der Waals surface area contributed by atoms with Crippen LogP contribution >= 0.6 is 11.3 Å². The van der Waals surface area contributed by atoms with Gasteiger partial charge in [0.25, 0.3) is 0 Å². The minimum atomic E-state index is 0.428. The van der Waals surface area contributed by atoms with Crippen LogP contribution in [0.25, 0.3) is 11.3 Å². The average molecular weight is 228 g/mol. The summed E-state index contributed by atoms with van der Waals surface area (Å²) in [5.41, 5.74) is 9.20. The highest BCUT2D eigenvalue weighted by Crippen LogP contribution is 2.23. The molecule has 0 aliphatic carbocycles. The maximum Gasteiger partial charge on any atom is 0.102 e. The van der Waals surface area contributed by atoms with E-state index >= 15 is 0 Å². The van der Waals surface area contributed by atoms with E-state index in [-0.39, 0.29) is 0 Å². The molecule has 0 unspecified atom stereocenters. The van der Waals surface area contributed by atoms with Gasteiger partial charge in [0, 0.05) is 24.2 Å². The molecule has 0 aliphatic rings. The lowest BCUT2D eigenvalue weighted by atomic mass is 10.1. The van der Waals surface area contributed by atoms with Crippen LogP contribution in [-0.2, 0) is 0 Å². The van der Waals surface area contributed by atoms with Crippen LogP contribution in [0.5, 0.6) is 0 Å². The zero-order chi connectivity index (χ0) is 11.4. The second-order valence-electron chi connectivity index (χ2n) is 3.01. The molecule has 0 bridgehead atoms. The summed E-state index contributed by atoms with van der Waals surface area (Å²) in [6.45, 7) is 0. The Bertz CT molecular complexity index is 537. The number of rotatable bonds is 2. The Kier molecular flexibility index (Phi) is 2.94. The summed E-state index contributed by atoms with van der Waals surface area (Å²) in [4.78, 5) is 8.69. The van der Waals surface area contributed by atoms with Gasteiger partial charge in [0.05, 0.1) is 21.7 Å². The van der Waals surface area contributed by atoms with Gasteiger partial charge in [-0.1, -0.05) is 6.07 Å². The van der Waals surface area contributed by atoms with E-state index in [0.717, 1.165) is 10.4 Å². The lowest BCUT2D eigenvalue weighted by Crippen LogP contribution is -1.98. The molecular formula is C11H8N4S. The molecule has 0 amide bonds. The van der Waals surface area contributed by atoms with E-state index in [1.807, 2.05) is 0 Å². The topological polar surface area (TPSA) is 75.6 Å². The van der Waals surface area contributed by atoms with Crippen molar-refractivity contribution in [3.63, 3.8) is 0 Å². The summed E-state index contributed by atoms with van der Waals surface area (Å²) in [6, 6.07) is 5.68. The molecule has 2 rings (SSSR count). The van der Waals surface area contributed by atoms with Gasteiger partial charge in [0.15, 0.2) is 0 Å². The summed E-state index contributed by atoms with van der Waals surface area (Å²) in [6.07, 6.45) is 4.92. The number of nitriles is 1. The molecule has 0 aliphatic heterocycles. The lowest BCUT2D eigenvalue weighted by molar-refractivity contribution is 1.31. The molecular weight excluding hydrogens is 220 g/mol. The van der Waals surface area contributed by atoms with E-state index in [1.165, 1.54) is 11.3 Å². The Morgan fingerprint density at radius 3 is 2.81 bits per heavy atom. The van der Waals surface area contributed by atoms with Crippen LogP contribution in [0.3, 0.4) is 0 Å². The number of allylic oxidation sites excluding steroid dienone is 1. The highest BCUT2D eigenvalue weighted by Gasteiger charge is 2.09. The van der Waals surface area contributed by atoms with Crippen molar-refractivity contribution in [2.45, 2.75) is 0 Å². The first-order valence-corrected chi connectivity index (χ1v) is 5.40. The fourth-order valence-corrected chi connectivity index (χ4v) is 1.85. The van der Waals surface area contributed by atoms with Gasteiger partial charge < -0.3 is 5.73 Å². The molecule has 0 saturated heterocycles. The van der Waals surface area contributed by atoms with Gasteiger partial charge >= 0.3 is 0 Å². The molecule has 2 N–H and O–H groups in total. The SMILES string of the molecule is N#C/C(=C(/N)c1cncs1)c1cccnc1. The first-order valence-electron chi connectivity index (χ1n) is 4.52. The Morgan fingerprint density at radius 1 is 1.38 bits per heavy atom. The number of pyridine rings is 1. The number of hydrogen-bond donors (Lipinski definition) is 1. The highest BCUT2D eigenvalue weighted by molar-refractivity contribution is 7.10. The maximum absolute atomic E-state index is 9.12. The van der Waals surface area contributed by atoms with E-state index in [4.69, 9.17) is 11.0 Å². The minimum Gasteiger partial charge on any atom is -0.396 e.